The third-order valence-corrected chi connectivity index (χ3v) is 3.59. The largest absolute Gasteiger partial charge is 0.462 e. The van der Waals surface area contributed by atoms with E-state index < -0.39 is 5.97 Å². The molecule has 0 aromatic heterocycles. The predicted molar refractivity (Wildman–Crippen MR) is 91.2 cm³/mol. The minimum absolute atomic E-state index is 0.232. The standard InChI is InChI=1S/C18H33NO3/c1-3-5-6-7-8-9-10-11-12-13-14-15-17(20)19-16-18(21)22-4-2/h16H,3-15H2,1-2H3. The molecule has 22 heavy (non-hydrogen) atoms. The highest BCUT2D eigenvalue weighted by Crippen LogP contribution is 2.12. The number of rotatable bonds is 14. The lowest BCUT2D eigenvalue weighted by atomic mass is 10.1. The highest BCUT2D eigenvalue weighted by atomic mass is 16.5. The van der Waals surface area contributed by atoms with E-state index in [0.717, 1.165) is 19.1 Å². The van der Waals surface area contributed by atoms with Crippen molar-refractivity contribution in [1.82, 2.24) is 0 Å². The van der Waals surface area contributed by atoms with Crippen LogP contribution >= 0.6 is 0 Å². The summed E-state index contributed by atoms with van der Waals surface area (Å²) in [6.07, 6.45) is 15.2. The quantitative estimate of drug-likeness (QED) is 0.262. The van der Waals surface area contributed by atoms with Crippen molar-refractivity contribution in [1.29, 1.82) is 0 Å². The maximum atomic E-state index is 11.4. The number of esters is 1. The molecule has 0 rings (SSSR count). The van der Waals surface area contributed by atoms with Crippen LogP contribution in [0.2, 0.25) is 0 Å². The Kier molecular flexibility index (Phi) is 15.3. The van der Waals surface area contributed by atoms with Crippen molar-refractivity contribution in [3.63, 3.8) is 0 Å². The summed E-state index contributed by atoms with van der Waals surface area (Å²) < 4.78 is 4.66. The third kappa shape index (κ3) is 15.2. The number of hydrogen-bond acceptors (Lipinski definition) is 3. The third-order valence-electron chi connectivity index (χ3n) is 3.59. The second kappa shape index (κ2) is 16.2. The van der Waals surface area contributed by atoms with Crippen LogP contribution in [0.5, 0.6) is 0 Å². The molecule has 0 saturated carbocycles. The van der Waals surface area contributed by atoms with Gasteiger partial charge in [0.2, 0.25) is 5.91 Å². The van der Waals surface area contributed by atoms with Crippen molar-refractivity contribution in [2.75, 3.05) is 6.61 Å². The van der Waals surface area contributed by atoms with Crippen LogP contribution in [0.25, 0.3) is 0 Å². The van der Waals surface area contributed by atoms with Gasteiger partial charge < -0.3 is 4.74 Å². The second-order valence-electron chi connectivity index (χ2n) is 5.69. The Morgan fingerprint density at radius 1 is 0.818 bits per heavy atom. The van der Waals surface area contributed by atoms with E-state index >= 15 is 0 Å². The smallest absolute Gasteiger partial charge is 0.349 e. The van der Waals surface area contributed by atoms with Gasteiger partial charge in [-0.05, 0) is 13.3 Å². The molecule has 4 heteroatoms. The molecule has 0 aliphatic rings. The minimum atomic E-state index is -0.546. The number of carbonyl (C=O) groups is 2. The van der Waals surface area contributed by atoms with Gasteiger partial charge in [0, 0.05) is 6.42 Å². The van der Waals surface area contributed by atoms with E-state index in [-0.39, 0.29) is 5.91 Å². The van der Waals surface area contributed by atoms with Gasteiger partial charge in [-0.2, -0.15) is 0 Å². The molecule has 128 valence electrons. The Morgan fingerprint density at radius 2 is 1.32 bits per heavy atom. The summed E-state index contributed by atoms with van der Waals surface area (Å²) in [4.78, 5) is 26.0. The average molecular weight is 311 g/mol. The first-order valence-corrected chi connectivity index (χ1v) is 8.94. The fourth-order valence-electron chi connectivity index (χ4n) is 2.31. The van der Waals surface area contributed by atoms with Crippen LogP contribution in [0.4, 0.5) is 0 Å². The molecule has 0 spiro atoms. The maximum absolute atomic E-state index is 11.4. The van der Waals surface area contributed by atoms with Crippen LogP contribution in [0, 0.1) is 0 Å². The lowest BCUT2D eigenvalue weighted by Crippen LogP contribution is -2.06. The van der Waals surface area contributed by atoms with E-state index in [1.165, 1.54) is 57.8 Å². The molecular formula is C18H33NO3. The molecule has 4 nitrogen and oxygen atoms in total. The van der Waals surface area contributed by atoms with E-state index in [0.29, 0.717) is 13.0 Å². The van der Waals surface area contributed by atoms with Gasteiger partial charge in [0.15, 0.2) is 0 Å². The number of unbranched alkanes of at least 4 members (excludes halogenated alkanes) is 10. The molecule has 0 bridgehead atoms. The number of hydrogen-bond donors (Lipinski definition) is 0. The molecule has 0 N–H and O–H groups in total. The summed E-state index contributed by atoms with van der Waals surface area (Å²) in [5.41, 5.74) is 0. The molecule has 0 aliphatic heterocycles. The normalized spacial score (nSPS) is 11.0. The number of carbonyl (C=O) groups excluding carboxylic acids is 2. The van der Waals surface area contributed by atoms with Crippen LogP contribution in [0.1, 0.15) is 90.9 Å². The summed E-state index contributed by atoms with van der Waals surface area (Å²) in [5, 5.41) is 0. The summed E-state index contributed by atoms with van der Waals surface area (Å²) >= 11 is 0. The first-order valence-electron chi connectivity index (χ1n) is 8.94. The molecule has 0 heterocycles. The van der Waals surface area contributed by atoms with Crippen molar-refractivity contribution in [3.8, 4) is 0 Å². The van der Waals surface area contributed by atoms with Gasteiger partial charge in [-0.3, -0.25) is 4.79 Å². The molecule has 1 amide bonds. The van der Waals surface area contributed by atoms with E-state index in [1.807, 2.05) is 0 Å². The van der Waals surface area contributed by atoms with Gasteiger partial charge >= 0.3 is 5.97 Å². The molecule has 0 atom stereocenters. The molecular weight excluding hydrogens is 278 g/mol. The Labute approximate surface area is 135 Å². The number of amides is 1. The molecule has 0 saturated heterocycles. The molecule has 0 fully saturated rings. The van der Waals surface area contributed by atoms with Gasteiger partial charge in [0.25, 0.3) is 0 Å². The molecule has 0 unspecified atom stereocenters. The molecule has 0 aromatic rings. The van der Waals surface area contributed by atoms with Crippen molar-refractivity contribution in [3.05, 3.63) is 0 Å². The first-order chi connectivity index (χ1) is 10.7. The number of ether oxygens (including phenoxy) is 1. The van der Waals surface area contributed by atoms with E-state index in [1.54, 1.807) is 6.92 Å². The Hall–Kier alpha value is -1.19. The fraction of sp³-hybridized carbons (Fsp3) is 0.833. The topological polar surface area (TPSA) is 55.7 Å². The number of nitrogens with zero attached hydrogens (tertiary/aromatic N) is 1. The van der Waals surface area contributed by atoms with Crippen LogP contribution in [0.3, 0.4) is 0 Å². The zero-order valence-corrected chi connectivity index (χ0v) is 14.4. The van der Waals surface area contributed by atoms with Gasteiger partial charge in [-0.1, -0.05) is 71.1 Å². The van der Waals surface area contributed by atoms with E-state index in [2.05, 4.69) is 16.7 Å². The number of aliphatic imine (C=N–C) groups is 1. The Balaban J connectivity index is 3.32. The van der Waals surface area contributed by atoms with Crippen molar-refractivity contribution in [2.24, 2.45) is 4.99 Å². The fourth-order valence-corrected chi connectivity index (χ4v) is 2.31. The van der Waals surface area contributed by atoms with Crippen LogP contribution in [-0.4, -0.2) is 24.7 Å². The highest BCUT2D eigenvalue weighted by Gasteiger charge is 2.01. The summed E-state index contributed by atoms with van der Waals surface area (Å²) in [6, 6.07) is 0. The molecule has 0 aromatic carbocycles. The van der Waals surface area contributed by atoms with Gasteiger partial charge in [-0.25, -0.2) is 9.79 Å². The molecule has 0 aliphatic carbocycles. The van der Waals surface area contributed by atoms with Crippen molar-refractivity contribution >= 4 is 18.1 Å². The average Bonchev–Trinajstić information content (AvgIpc) is 2.51. The van der Waals surface area contributed by atoms with Gasteiger partial charge in [0.1, 0.15) is 6.21 Å². The zero-order chi connectivity index (χ0) is 16.5. The lowest BCUT2D eigenvalue weighted by molar-refractivity contribution is -0.134. The summed E-state index contributed by atoms with van der Waals surface area (Å²) in [5.74, 6) is -0.779. The Bertz CT molecular complexity index is 313. The monoisotopic (exact) mass is 311 g/mol. The van der Waals surface area contributed by atoms with E-state index in [9.17, 15) is 9.59 Å². The lowest BCUT2D eigenvalue weighted by Gasteiger charge is -2.01. The molecule has 0 radical (unpaired) electrons. The predicted octanol–water partition coefficient (Wildman–Crippen LogP) is 4.85. The zero-order valence-electron chi connectivity index (χ0n) is 14.4. The van der Waals surface area contributed by atoms with Crippen molar-refractivity contribution in [2.45, 2.75) is 90.9 Å². The minimum Gasteiger partial charge on any atom is -0.462 e. The first kappa shape index (κ1) is 20.8. The van der Waals surface area contributed by atoms with Crippen LogP contribution in [-0.2, 0) is 14.3 Å². The van der Waals surface area contributed by atoms with Crippen molar-refractivity contribution < 1.29 is 14.3 Å². The van der Waals surface area contributed by atoms with Gasteiger partial charge in [0.05, 0.1) is 6.61 Å². The van der Waals surface area contributed by atoms with E-state index in [4.69, 9.17) is 0 Å². The van der Waals surface area contributed by atoms with Gasteiger partial charge in [-0.15, -0.1) is 0 Å². The van der Waals surface area contributed by atoms with Crippen LogP contribution < -0.4 is 0 Å². The highest BCUT2D eigenvalue weighted by molar-refractivity contribution is 6.25. The SMILES string of the molecule is CCCCCCCCCCCCCC(=O)N=CC(=O)OCC. The Morgan fingerprint density at radius 3 is 1.82 bits per heavy atom. The summed E-state index contributed by atoms with van der Waals surface area (Å²) in [6.45, 7) is 4.27. The maximum Gasteiger partial charge on any atom is 0.349 e. The second-order valence-corrected chi connectivity index (χ2v) is 5.69. The van der Waals surface area contributed by atoms with Crippen LogP contribution in [0.15, 0.2) is 4.99 Å². The summed E-state index contributed by atoms with van der Waals surface area (Å²) in [7, 11) is 0.